The van der Waals surface area contributed by atoms with Crippen LogP contribution in [0.2, 0.25) is 0 Å². The number of nitrogen functional groups attached to an aromatic ring is 1. The zero-order valence-corrected chi connectivity index (χ0v) is 18.5. The van der Waals surface area contributed by atoms with E-state index in [1.54, 1.807) is 6.92 Å². The van der Waals surface area contributed by atoms with Crippen molar-refractivity contribution in [2.45, 2.75) is 25.2 Å². The van der Waals surface area contributed by atoms with Gasteiger partial charge in [-0.1, -0.05) is 42.1 Å². The molecule has 0 aliphatic carbocycles. The number of hydrogen-bond donors (Lipinski definition) is 2. The Kier molecular flexibility index (Phi) is 7.09. The van der Waals surface area contributed by atoms with Gasteiger partial charge in [0.05, 0.1) is 12.4 Å². The maximum Gasteiger partial charge on any atom is 0.453 e. The van der Waals surface area contributed by atoms with Crippen LogP contribution in [-0.2, 0) is 15.7 Å². The maximum absolute atomic E-state index is 12.8. The highest BCUT2D eigenvalue weighted by atomic mass is 32.2. The van der Waals surface area contributed by atoms with E-state index in [4.69, 9.17) is 10.6 Å². The van der Waals surface area contributed by atoms with Gasteiger partial charge in [-0.05, 0) is 19.4 Å². The van der Waals surface area contributed by atoms with Crippen molar-refractivity contribution < 1.29 is 27.5 Å². The first kappa shape index (κ1) is 23.6. The van der Waals surface area contributed by atoms with Crippen LogP contribution in [-0.4, -0.2) is 39.1 Å². The quantitative estimate of drug-likeness (QED) is 0.296. The third kappa shape index (κ3) is 5.05. The summed E-state index contributed by atoms with van der Waals surface area (Å²) < 4.78 is 43.8. The number of hydrogen-bond acceptors (Lipinski definition) is 8. The lowest BCUT2D eigenvalue weighted by Crippen LogP contribution is -2.22. The Morgan fingerprint density at radius 2 is 1.94 bits per heavy atom. The van der Waals surface area contributed by atoms with Gasteiger partial charge in [0.15, 0.2) is 0 Å². The zero-order valence-electron chi connectivity index (χ0n) is 16.9. The smallest absolute Gasteiger partial charge is 0.453 e. The molecule has 0 atom stereocenters. The van der Waals surface area contributed by atoms with Crippen LogP contribution in [0.25, 0.3) is 11.1 Å². The van der Waals surface area contributed by atoms with Gasteiger partial charge in [0, 0.05) is 10.4 Å². The normalized spacial score (nSPS) is 11.4. The standard InChI is InChI=1S/C19H18F3N5O3S2/c1-3-30-16(29)14-13(11-7-5-4-6-8-11)10(2)32-15(14)24-12(28)9-31-18-26-25-17(27(18)23)19(20,21)22/h4-8H,3,9,23H2,1-2H3,(H,24,28). The second-order valence-corrected chi connectivity index (χ2v) is 8.50. The van der Waals surface area contributed by atoms with Gasteiger partial charge in [0.25, 0.3) is 5.82 Å². The van der Waals surface area contributed by atoms with E-state index in [-0.39, 0.29) is 32.8 Å². The number of esters is 1. The highest BCUT2D eigenvalue weighted by Gasteiger charge is 2.38. The molecule has 3 rings (SSSR count). The first-order valence-corrected chi connectivity index (χ1v) is 11.0. The Hall–Kier alpha value is -3.06. The zero-order chi connectivity index (χ0) is 23.5. The molecule has 0 radical (unpaired) electrons. The number of thiophene rings is 1. The topological polar surface area (TPSA) is 112 Å². The number of rotatable bonds is 7. The van der Waals surface area contributed by atoms with E-state index >= 15 is 0 Å². The van der Waals surface area contributed by atoms with Crippen LogP contribution >= 0.6 is 23.1 Å². The van der Waals surface area contributed by atoms with Gasteiger partial charge in [-0.25, -0.2) is 9.47 Å². The third-order valence-electron chi connectivity index (χ3n) is 4.13. The fraction of sp³-hybridized carbons (Fsp3) is 0.263. The number of aryl methyl sites for hydroxylation is 1. The third-order valence-corrected chi connectivity index (χ3v) is 6.09. The van der Waals surface area contributed by atoms with Crippen molar-refractivity contribution in [3.05, 3.63) is 46.6 Å². The number of nitrogens with two attached hydrogens (primary N) is 1. The number of aromatic nitrogens is 3. The van der Waals surface area contributed by atoms with Gasteiger partial charge in [0.2, 0.25) is 11.1 Å². The summed E-state index contributed by atoms with van der Waals surface area (Å²) >= 11 is 1.89. The van der Waals surface area contributed by atoms with Crippen LogP contribution in [0, 0.1) is 6.92 Å². The fourth-order valence-electron chi connectivity index (χ4n) is 2.84. The van der Waals surface area contributed by atoms with Crippen LogP contribution in [0.1, 0.15) is 28.0 Å². The number of ether oxygens (including phenoxy) is 1. The van der Waals surface area contributed by atoms with E-state index in [1.165, 1.54) is 11.3 Å². The molecule has 0 unspecified atom stereocenters. The molecule has 0 saturated carbocycles. The lowest BCUT2D eigenvalue weighted by atomic mass is 10.0. The van der Waals surface area contributed by atoms with Crippen molar-refractivity contribution in [2.75, 3.05) is 23.5 Å². The van der Waals surface area contributed by atoms with Crippen LogP contribution in [0.5, 0.6) is 0 Å². The maximum atomic E-state index is 12.8. The first-order valence-electron chi connectivity index (χ1n) is 9.19. The van der Waals surface area contributed by atoms with E-state index in [9.17, 15) is 22.8 Å². The fourth-order valence-corrected chi connectivity index (χ4v) is 4.58. The first-order chi connectivity index (χ1) is 15.1. The lowest BCUT2D eigenvalue weighted by molar-refractivity contribution is -0.146. The number of anilines is 1. The summed E-state index contributed by atoms with van der Waals surface area (Å²) in [4.78, 5) is 25.9. The van der Waals surface area contributed by atoms with Gasteiger partial charge in [0.1, 0.15) is 10.6 Å². The summed E-state index contributed by atoms with van der Waals surface area (Å²) in [6, 6.07) is 9.18. The average molecular weight is 486 g/mol. The Bertz CT molecular complexity index is 1130. The SMILES string of the molecule is CCOC(=O)c1c(NC(=O)CSc2nnc(C(F)(F)F)n2N)sc(C)c1-c1ccccc1. The number of carbonyl (C=O) groups excluding carboxylic acids is 2. The molecular weight excluding hydrogens is 467 g/mol. The number of carbonyl (C=O) groups is 2. The van der Waals surface area contributed by atoms with Crippen molar-refractivity contribution in [1.82, 2.24) is 14.9 Å². The molecule has 3 N–H and O–H groups in total. The highest BCUT2D eigenvalue weighted by molar-refractivity contribution is 7.99. The van der Waals surface area contributed by atoms with E-state index in [1.807, 2.05) is 37.3 Å². The van der Waals surface area contributed by atoms with Crippen molar-refractivity contribution in [2.24, 2.45) is 0 Å². The minimum atomic E-state index is -4.76. The molecule has 1 amide bonds. The summed E-state index contributed by atoms with van der Waals surface area (Å²) in [5.74, 6) is 2.56. The van der Waals surface area contributed by atoms with E-state index < -0.39 is 23.9 Å². The van der Waals surface area contributed by atoms with Gasteiger partial charge >= 0.3 is 12.1 Å². The molecule has 13 heteroatoms. The van der Waals surface area contributed by atoms with Gasteiger partial charge < -0.3 is 15.9 Å². The number of benzene rings is 1. The molecule has 2 aromatic heterocycles. The van der Waals surface area contributed by atoms with Crippen molar-refractivity contribution in [3.8, 4) is 11.1 Å². The lowest BCUT2D eigenvalue weighted by Gasteiger charge is -2.09. The number of halogens is 3. The predicted molar refractivity (Wildman–Crippen MR) is 115 cm³/mol. The van der Waals surface area contributed by atoms with Crippen LogP contribution in [0.4, 0.5) is 18.2 Å². The van der Waals surface area contributed by atoms with E-state index in [0.717, 1.165) is 10.4 Å². The van der Waals surface area contributed by atoms with E-state index in [2.05, 4.69) is 15.5 Å². The van der Waals surface area contributed by atoms with Gasteiger partial charge in [-0.3, -0.25) is 4.79 Å². The summed E-state index contributed by atoms with van der Waals surface area (Å²) in [7, 11) is 0. The molecule has 0 saturated heterocycles. The second-order valence-electron chi connectivity index (χ2n) is 6.33. The Balaban J connectivity index is 1.82. The number of amides is 1. The van der Waals surface area contributed by atoms with Crippen LogP contribution in [0.3, 0.4) is 0 Å². The average Bonchev–Trinajstić information content (AvgIpc) is 3.26. The van der Waals surface area contributed by atoms with Crippen LogP contribution in [0.15, 0.2) is 35.5 Å². The molecule has 0 bridgehead atoms. The van der Waals surface area contributed by atoms with Gasteiger partial charge in [-0.15, -0.1) is 21.5 Å². The van der Waals surface area contributed by atoms with Gasteiger partial charge in [-0.2, -0.15) is 13.2 Å². The molecular formula is C19H18F3N5O3S2. The molecule has 1 aromatic carbocycles. The van der Waals surface area contributed by atoms with E-state index in [0.29, 0.717) is 17.3 Å². The van der Waals surface area contributed by atoms with Crippen LogP contribution < -0.4 is 11.2 Å². The Labute approximate surface area is 188 Å². The number of thioether (sulfide) groups is 1. The molecule has 3 aromatic rings. The minimum Gasteiger partial charge on any atom is -0.462 e. The minimum absolute atomic E-state index is 0.152. The highest BCUT2D eigenvalue weighted by Crippen LogP contribution is 2.40. The monoisotopic (exact) mass is 485 g/mol. The number of alkyl halides is 3. The number of nitrogens with one attached hydrogen (secondary N) is 1. The largest absolute Gasteiger partial charge is 0.462 e. The number of nitrogens with zero attached hydrogens (tertiary/aromatic N) is 3. The molecule has 0 aliphatic rings. The Morgan fingerprint density at radius 3 is 2.53 bits per heavy atom. The second kappa shape index (κ2) is 9.61. The summed E-state index contributed by atoms with van der Waals surface area (Å²) in [5, 5.41) is 9.04. The Morgan fingerprint density at radius 1 is 1.25 bits per heavy atom. The summed E-state index contributed by atoms with van der Waals surface area (Å²) in [5.41, 5.74) is 1.66. The van der Waals surface area contributed by atoms with Crippen molar-refractivity contribution in [3.63, 3.8) is 0 Å². The molecule has 2 heterocycles. The molecule has 0 fully saturated rings. The molecule has 0 aliphatic heterocycles. The molecule has 8 nitrogen and oxygen atoms in total. The molecule has 170 valence electrons. The molecule has 0 spiro atoms. The summed E-state index contributed by atoms with van der Waals surface area (Å²) in [6.07, 6.45) is -4.76. The van der Waals surface area contributed by atoms with Crippen molar-refractivity contribution in [1.29, 1.82) is 0 Å². The molecule has 32 heavy (non-hydrogen) atoms. The summed E-state index contributed by atoms with van der Waals surface area (Å²) in [6.45, 7) is 3.64. The van der Waals surface area contributed by atoms with Crippen molar-refractivity contribution >= 4 is 40.0 Å². The predicted octanol–water partition coefficient (Wildman–Crippen LogP) is 3.96.